The second-order valence-electron chi connectivity index (χ2n) is 6.26. The summed E-state index contributed by atoms with van der Waals surface area (Å²) in [7, 11) is 0. The van der Waals surface area contributed by atoms with Gasteiger partial charge in [-0.1, -0.05) is 0 Å². The standard InChI is InChI=1S/C19H12FN5O4/c20-13-3-1-11(9-15(13)25(26)27)14-5-6-21-19-22-18(23-24(14)19)12-2-4-16-17(10-12)29-8-7-28-16/h1-6,9-10H,7-8H2. The van der Waals surface area contributed by atoms with Gasteiger partial charge < -0.3 is 9.47 Å². The van der Waals surface area contributed by atoms with Gasteiger partial charge >= 0.3 is 5.69 Å². The average Bonchev–Trinajstić information content (AvgIpc) is 3.18. The van der Waals surface area contributed by atoms with Crippen molar-refractivity contribution in [2.45, 2.75) is 0 Å². The van der Waals surface area contributed by atoms with Crippen molar-refractivity contribution in [2.75, 3.05) is 13.2 Å². The Kier molecular flexibility index (Phi) is 3.83. The molecule has 2 aromatic carbocycles. The Morgan fingerprint density at radius 3 is 2.66 bits per heavy atom. The summed E-state index contributed by atoms with van der Waals surface area (Å²) in [4.78, 5) is 18.9. The van der Waals surface area contributed by atoms with E-state index in [1.54, 1.807) is 18.2 Å². The van der Waals surface area contributed by atoms with E-state index in [-0.39, 0.29) is 0 Å². The molecule has 0 amide bonds. The molecule has 1 aliphatic heterocycles. The molecule has 2 aromatic heterocycles. The summed E-state index contributed by atoms with van der Waals surface area (Å²) in [6.07, 6.45) is 1.52. The van der Waals surface area contributed by atoms with E-state index in [1.165, 1.54) is 16.8 Å². The molecule has 144 valence electrons. The number of rotatable bonds is 3. The minimum atomic E-state index is -0.903. The number of nitrogens with zero attached hydrogens (tertiary/aromatic N) is 5. The number of nitro benzene ring substituents is 1. The number of ether oxygens (including phenoxy) is 2. The Morgan fingerprint density at radius 1 is 1.03 bits per heavy atom. The van der Waals surface area contributed by atoms with Crippen molar-refractivity contribution < 1.29 is 18.8 Å². The van der Waals surface area contributed by atoms with Crippen LogP contribution in [0, 0.1) is 15.9 Å². The van der Waals surface area contributed by atoms with Crippen molar-refractivity contribution in [3.63, 3.8) is 0 Å². The molecule has 0 saturated heterocycles. The lowest BCUT2D eigenvalue weighted by Gasteiger charge is -2.18. The fraction of sp³-hybridized carbons (Fsp3) is 0.105. The van der Waals surface area contributed by atoms with Crippen LogP contribution < -0.4 is 9.47 Å². The van der Waals surface area contributed by atoms with Crippen LogP contribution in [-0.2, 0) is 0 Å². The third kappa shape index (κ3) is 2.90. The zero-order valence-corrected chi connectivity index (χ0v) is 14.8. The highest BCUT2D eigenvalue weighted by Gasteiger charge is 2.19. The summed E-state index contributed by atoms with van der Waals surface area (Å²) < 4.78 is 26.3. The molecular weight excluding hydrogens is 381 g/mol. The molecule has 0 radical (unpaired) electrons. The Bertz CT molecular complexity index is 1270. The highest BCUT2D eigenvalue weighted by atomic mass is 19.1. The van der Waals surface area contributed by atoms with Gasteiger partial charge in [0.15, 0.2) is 17.3 Å². The first-order chi connectivity index (χ1) is 14.1. The van der Waals surface area contributed by atoms with Crippen LogP contribution >= 0.6 is 0 Å². The monoisotopic (exact) mass is 393 g/mol. The number of halogens is 1. The molecule has 0 saturated carbocycles. The Balaban J connectivity index is 1.62. The second-order valence-corrected chi connectivity index (χ2v) is 6.26. The van der Waals surface area contributed by atoms with Gasteiger partial charge in [-0.3, -0.25) is 10.1 Å². The van der Waals surface area contributed by atoms with Gasteiger partial charge in [0.1, 0.15) is 13.2 Å². The van der Waals surface area contributed by atoms with E-state index >= 15 is 0 Å². The molecule has 4 aromatic rings. The topological polar surface area (TPSA) is 105 Å². The summed E-state index contributed by atoms with van der Waals surface area (Å²) in [5.74, 6) is 1.06. The second kappa shape index (κ2) is 6.51. The maximum absolute atomic E-state index is 13.7. The summed E-state index contributed by atoms with van der Waals surface area (Å²) in [5.41, 5.74) is 1.01. The van der Waals surface area contributed by atoms with Crippen molar-refractivity contribution in [1.29, 1.82) is 0 Å². The van der Waals surface area contributed by atoms with Crippen LogP contribution in [0.5, 0.6) is 11.5 Å². The van der Waals surface area contributed by atoms with Crippen molar-refractivity contribution in [3.05, 3.63) is 64.6 Å². The minimum Gasteiger partial charge on any atom is -0.486 e. The van der Waals surface area contributed by atoms with E-state index in [0.717, 1.165) is 12.1 Å². The van der Waals surface area contributed by atoms with Crippen LogP contribution in [0.2, 0.25) is 0 Å². The normalized spacial score (nSPS) is 12.9. The largest absolute Gasteiger partial charge is 0.486 e. The highest BCUT2D eigenvalue weighted by Crippen LogP contribution is 2.34. The molecule has 0 atom stereocenters. The SMILES string of the molecule is O=[N+]([O-])c1cc(-c2ccnc3nc(-c4ccc5c(c4)OCCO5)nn23)ccc1F. The molecular formula is C19H12FN5O4. The molecule has 29 heavy (non-hydrogen) atoms. The van der Waals surface area contributed by atoms with Gasteiger partial charge in [0, 0.05) is 23.4 Å². The molecule has 0 fully saturated rings. The lowest BCUT2D eigenvalue weighted by atomic mass is 10.1. The average molecular weight is 393 g/mol. The summed E-state index contributed by atoms with van der Waals surface area (Å²) in [5, 5.41) is 15.6. The van der Waals surface area contributed by atoms with Crippen LogP contribution in [0.1, 0.15) is 0 Å². The Labute approximate surface area is 162 Å². The first-order valence-corrected chi connectivity index (χ1v) is 8.66. The number of nitro groups is 1. The maximum atomic E-state index is 13.7. The Morgan fingerprint density at radius 2 is 1.83 bits per heavy atom. The molecule has 0 aliphatic carbocycles. The highest BCUT2D eigenvalue weighted by molar-refractivity contribution is 5.67. The van der Waals surface area contributed by atoms with Crippen molar-refractivity contribution in [3.8, 4) is 34.1 Å². The van der Waals surface area contributed by atoms with Crippen LogP contribution in [0.4, 0.5) is 10.1 Å². The van der Waals surface area contributed by atoms with E-state index in [1.807, 2.05) is 6.07 Å². The fourth-order valence-corrected chi connectivity index (χ4v) is 3.13. The van der Waals surface area contributed by atoms with E-state index < -0.39 is 16.4 Å². The lowest BCUT2D eigenvalue weighted by Crippen LogP contribution is -2.15. The smallest absolute Gasteiger partial charge is 0.305 e. The van der Waals surface area contributed by atoms with Gasteiger partial charge in [-0.2, -0.15) is 13.9 Å². The predicted octanol–water partition coefficient (Wildman–Crippen LogP) is 3.28. The third-order valence-corrected chi connectivity index (χ3v) is 4.48. The molecule has 5 rings (SSSR count). The van der Waals surface area contributed by atoms with Crippen molar-refractivity contribution in [2.24, 2.45) is 0 Å². The lowest BCUT2D eigenvalue weighted by molar-refractivity contribution is -0.387. The number of fused-ring (bicyclic) bond motifs is 2. The van der Waals surface area contributed by atoms with E-state index in [4.69, 9.17) is 9.47 Å². The fourth-order valence-electron chi connectivity index (χ4n) is 3.13. The molecule has 3 heterocycles. The van der Waals surface area contributed by atoms with Crippen LogP contribution in [0.25, 0.3) is 28.4 Å². The van der Waals surface area contributed by atoms with Crippen molar-refractivity contribution in [1.82, 2.24) is 19.6 Å². The van der Waals surface area contributed by atoms with Gasteiger partial charge in [0.05, 0.1) is 10.6 Å². The van der Waals surface area contributed by atoms with Gasteiger partial charge in [0.25, 0.3) is 5.78 Å². The quantitative estimate of drug-likeness (QED) is 0.388. The Hall–Kier alpha value is -4.08. The molecule has 0 spiro atoms. The number of aromatic nitrogens is 4. The molecule has 0 N–H and O–H groups in total. The maximum Gasteiger partial charge on any atom is 0.305 e. The molecule has 0 unspecified atom stereocenters. The van der Waals surface area contributed by atoms with E-state index in [9.17, 15) is 14.5 Å². The molecule has 0 bridgehead atoms. The zero-order chi connectivity index (χ0) is 20.0. The number of hydrogen-bond acceptors (Lipinski definition) is 7. The summed E-state index contributed by atoms with van der Waals surface area (Å²) in [6.45, 7) is 0.958. The first-order valence-electron chi connectivity index (χ1n) is 8.66. The van der Waals surface area contributed by atoms with Gasteiger partial charge in [-0.25, -0.2) is 4.98 Å². The van der Waals surface area contributed by atoms with Crippen LogP contribution in [0.3, 0.4) is 0 Å². The number of hydrogen-bond donors (Lipinski definition) is 0. The summed E-state index contributed by atoms with van der Waals surface area (Å²) in [6, 6.07) is 10.7. The third-order valence-electron chi connectivity index (χ3n) is 4.48. The zero-order valence-electron chi connectivity index (χ0n) is 14.8. The molecule has 1 aliphatic rings. The molecule has 10 heteroatoms. The molecule has 9 nitrogen and oxygen atoms in total. The van der Waals surface area contributed by atoms with E-state index in [0.29, 0.717) is 53.1 Å². The van der Waals surface area contributed by atoms with Gasteiger partial charge in [-0.15, -0.1) is 5.10 Å². The van der Waals surface area contributed by atoms with Gasteiger partial charge in [-0.05, 0) is 36.4 Å². The summed E-state index contributed by atoms with van der Waals surface area (Å²) >= 11 is 0. The van der Waals surface area contributed by atoms with Crippen LogP contribution in [0.15, 0.2) is 48.7 Å². The van der Waals surface area contributed by atoms with E-state index in [2.05, 4.69) is 15.1 Å². The van der Waals surface area contributed by atoms with Crippen molar-refractivity contribution >= 4 is 11.5 Å². The van der Waals surface area contributed by atoms with Crippen LogP contribution in [-0.4, -0.2) is 37.7 Å². The minimum absolute atomic E-state index is 0.305. The number of benzene rings is 2. The first kappa shape index (κ1) is 17.0. The van der Waals surface area contributed by atoms with Gasteiger partial charge in [0.2, 0.25) is 5.82 Å². The predicted molar refractivity (Wildman–Crippen MR) is 99.3 cm³/mol.